The average molecular weight is 386 g/mol. The molecule has 4 nitrogen and oxygen atoms in total. The van der Waals surface area contributed by atoms with E-state index < -0.39 is 0 Å². The van der Waals surface area contributed by atoms with Crippen molar-refractivity contribution in [1.82, 2.24) is 14.8 Å². The third kappa shape index (κ3) is 4.96. The molecule has 3 aromatic rings. The van der Waals surface area contributed by atoms with Crippen molar-refractivity contribution in [2.45, 2.75) is 31.3 Å². The van der Waals surface area contributed by atoms with Gasteiger partial charge in [0.15, 0.2) is 5.16 Å². The van der Waals surface area contributed by atoms with Gasteiger partial charge in [-0.2, -0.15) is 0 Å². The molecule has 2 aromatic carbocycles. The number of aromatic nitrogens is 3. The van der Waals surface area contributed by atoms with Gasteiger partial charge in [0.25, 0.3) is 0 Å². The Balaban J connectivity index is 1.86. The lowest BCUT2D eigenvalue weighted by Gasteiger charge is -2.10. The van der Waals surface area contributed by atoms with E-state index in [1.54, 1.807) is 18.7 Å². The van der Waals surface area contributed by atoms with Crippen molar-refractivity contribution in [2.24, 2.45) is 0 Å². The highest BCUT2D eigenvalue weighted by atomic mass is 35.5. The molecule has 0 amide bonds. The Morgan fingerprint density at radius 1 is 1.08 bits per heavy atom. The number of thioether (sulfide) groups is 1. The number of Topliss-reactive ketones (excluding diaryl/α,β-unsaturated/α-hetero) is 1. The number of nitrogens with zero attached hydrogens (tertiary/aromatic N) is 3. The maximum Gasteiger partial charge on any atom is 0.195 e. The van der Waals surface area contributed by atoms with E-state index >= 15 is 0 Å². The molecule has 3 rings (SSSR count). The molecule has 6 heteroatoms. The summed E-state index contributed by atoms with van der Waals surface area (Å²) < 4.78 is 2.07. The number of hydrogen-bond donors (Lipinski definition) is 0. The van der Waals surface area contributed by atoms with Gasteiger partial charge < -0.3 is 4.79 Å². The monoisotopic (exact) mass is 385 g/mol. The first kappa shape index (κ1) is 18.7. The first-order valence-electron chi connectivity index (χ1n) is 8.50. The molecule has 0 bridgehead atoms. The van der Waals surface area contributed by atoms with E-state index in [0.717, 1.165) is 28.8 Å². The summed E-state index contributed by atoms with van der Waals surface area (Å²) in [7, 11) is 0. The second-order valence-electron chi connectivity index (χ2n) is 6.03. The molecular formula is C20H20ClN3OS. The Bertz CT molecular complexity index is 863. The van der Waals surface area contributed by atoms with Crippen LogP contribution in [0.3, 0.4) is 0 Å². The van der Waals surface area contributed by atoms with Crippen LogP contribution in [0.1, 0.15) is 31.2 Å². The summed E-state index contributed by atoms with van der Waals surface area (Å²) >= 11 is 7.66. The highest BCUT2D eigenvalue weighted by molar-refractivity contribution is 7.99. The summed E-state index contributed by atoms with van der Waals surface area (Å²) in [5.41, 5.74) is 2.17. The number of hydrogen-bond acceptors (Lipinski definition) is 4. The Morgan fingerprint density at radius 3 is 2.50 bits per heavy atom. The van der Waals surface area contributed by atoms with Gasteiger partial charge in [-0.15, -0.1) is 10.2 Å². The number of halogens is 1. The zero-order valence-electron chi connectivity index (χ0n) is 14.6. The number of benzene rings is 2. The third-order valence-corrected chi connectivity index (χ3v) is 5.16. The van der Waals surface area contributed by atoms with E-state index in [9.17, 15) is 4.79 Å². The minimum atomic E-state index is 0.217. The van der Waals surface area contributed by atoms with Gasteiger partial charge in [-0.25, -0.2) is 0 Å². The van der Waals surface area contributed by atoms with Crippen LogP contribution in [0.25, 0.3) is 5.69 Å². The Labute approximate surface area is 162 Å². The quantitative estimate of drug-likeness (QED) is 0.405. The van der Waals surface area contributed by atoms with Crippen molar-refractivity contribution < 1.29 is 4.79 Å². The van der Waals surface area contributed by atoms with Crippen LogP contribution < -0.4 is 0 Å². The van der Waals surface area contributed by atoms with Gasteiger partial charge >= 0.3 is 0 Å². The van der Waals surface area contributed by atoms with Gasteiger partial charge in [-0.05, 0) is 43.2 Å². The fourth-order valence-electron chi connectivity index (χ4n) is 2.62. The second kappa shape index (κ2) is 9.01. The molecule has 0 N–H and O–H groups in total. The molecule has 0 saturated heterocycles. The number of ketones is 1. The van der Waals surface area contributed by atoms with E-state index in [1.165, 1.54) is 5.56 Å². The van der Waals surface area contributed by atoms with Crippen molar-refractivity contribution in [3.63, 3.8) is 0 Å². The van der Waals surface area contributed by atoms with E-state index in [1.807, 2.05) is 42.5 Å². The zero-order valence-corrected chi connectivity index (χ0v) is 16.1. The first-order valence-corrected chi connectivity index (χ1v) is 9.86. The number of carbonyl (C=O) groups is 1. The number of rotatable bonds is 8. The standard InChI is InChI=1S/C20H20ClN3OS/c1-15(25)6-5-13-26-20-23-22-19(14-16-7-3-2-4-8-16)24(20)18-11-9-17(21)10-12-18/h2-4,7-12H,5-6,13-14H2,1H3. The van der Waals surface area contributed by atoms with Crippen molar-refractivity contribution in [1.29, 1.82) is 0 Å². The van der Waals surface area contributed by atoms with Crippen LogP contribution in [-0.2, 0) is 11.2 Å². The van der Waals surface area contributed by atoms with Crippen molar-refractivity contribution >= 4 is 29.1 Å². The van der Waals surface area contributed by atoms with Crippen molar-refractivity contribution in [3.05, 3.63) is 71.0 Å². The largest absolute Gasteiger partial charge is 0.300 e. The molecule has 0 aliphatic carbocycles. The molecule has 0 atom stereocenters. The Kier molecular flexibility index (Phi) is 6.47. The molecule has 1 heterocycles. The molecule has 0 unspecified atom stereocenters. The van der Waals surface area contributed by atoms with E-state index in [4.69, 9.17) is 11.6 Å². The summed E-state index contributed by atoms with van der Waals surface area (Å²) in [5.74, 6) is 1.93. The minimum absolute atomic E-state index is 0.217. The SMILES string of the molecule is CC(=O)CCCSc1nnc(Cc2ccccc2)n1-c1ccc(Cl)cc1. The predicted octanol–water partition coefficient (Wildman–Crippen LogP) is 4.97. The van der Waals surface area contributed by atoms with E-state index in [0.29, 0.717) is 17.9 Å². The highest BCUT2D eigenvalue weighted by Crippen LogP contribution is 2.25. The molecular weight excluding hydrogens is 366 g/mol. The lowest BCUT2D eigenvalue weighted by atomic mass is 10.1. The van der Waals surface area contributed by atoms with Crippen LogP contribution in [-0.4, -0.2) is 26.3 Å². The maximum absolute atomic E-state index is 11.1. The average Bonchev–Trinajstić information content (AvgIpc) is 3.03. The minimum Gasteiger partial charge on any atom is -0.300 e. The predicted molar refractivity (Wildman–Crippen MR) is 106 cm³/mol. The van der Waals surface area contributed by atoms with Gasteiger partial charge in [-0.3, -0.25) is 4.57 Å². The Morgan fingerprint density at radius 2 is 1.81 bits per heavy atom. The fraction of sp³-hybridized carbons (Fsp3) is 0.250. The molecule has 134 valence electrons. The molecule has 0 aliphatic heterocycles. The van der Waals surface area contributed by atoms with Crippen LogP contribution in [0.2, 0.25) is 5.02 Å². The fourth-order valence-corrected chi connectivity index (χ4v) is 3.66. The molecule has 1 aromatic heterocycles. The third-order valence-electron chi connectivity index (χ3n) is 3.89. The Hall–Kier alpha value is -2.11. The van der Waals surface area contributed by atoms with Crippen molar-refractivity contribution in [3.8, 4) is 5.69 Å². The second-order valence-corrected chi connectivity index (χ2v) is 7.53. The molecule has 0 saturated carbocycles. The maximum atomic E-state index is 11.1. The summed E-state index contributed by atoms with van der Waals surface area (Å²) in [6, 6.07) is 17.9. The highest BCUT2D eigenvalue weighted by Gasteiger charge is 2.15. The summed E-state index contributed by atoms with van der Waals surface area (Å²) in [6.45, 7) is 1.62. The van der Waals surface area contributed by atoms with Gasteiger partial charge in [0.05, 0.1) is 0 Å². The molecule has 0 aliphatic rings. The smallest absolute Gasteiger partial charge is 0.195 e. The normalized spacial score (nSPS) is 10.8. The van der Waals surface area contributed by atoms with Crippen LogP contribution in [0.5, 0.6) is 0 Å². The number of carbonyl (C=O) groups excluding carboxylic acids is 1. The van der Waals surface area contributed by atoms with Crippen molar-refractivity contribution in [2.75, 3.05) is 5.75 Å². The van der Waals surface area contributed by atoms with E-state index in [-0.39, 0.29) is 5.78 Å². The van der Waals surface area contributed by atoms with Gasteiger partial charge in [0, 0.05) is 29.3 Å². The van der Waals surface area contributed by atoms with E-state index in [2.05, 4.69) is 26.9 Å². The van der Waals surface area contributed by atoms with Gasteiger partial charge in [0.2, 0.25) is 0 Å². The molecule has 26 heavy (non-hydrogen) atoms. The summed E-state index contributed by atoms with van der Waals surface area (Å²) in [4.78, 5) is 11.1. The van der Waals surface area contributed by atoms with Crippen LogP contribution >= 0.6 is 23.4 Å². The van der Waals surface area contributed by atoms with Gasteiger partial charge in [0.1, 0.15) is 11.6 Å². The van der Waals surface area contributed by atoms with Crippen LogP contribution in [0.4, 0.5) is 0 Å². The lowest BCUT2D eigenvalue weighted by molar-refractivity contribution is -0.117. The lowest BCUT2D eigenvalue weighted by Crippen LogP contribution is -2.04. The molecule has 0 spiro atoms. The summed E-state index contributed by atoms with van der Waals surface area (Å²) in [5, 5.41) is 10.3. The molecule has 0 fully saturated rings. The van der Waals surface area contributed by atoms with Crippen LogP contribution in [0.15, 0.2) is 59.8 Å². The zero-order chi connectivity index (χ0) is 18.4. The van der Waals surface area contributed by atoms with Gasteiger partial charge in [-0.1, -0.05) is 53.7 Å². The first-order chi connectivity index (χ1) is 12.6. The van der Waals surface area contributed by atoms with Crippen LogP contribution in [0, 0.1) is 0 Å². The topological polar surface area (TPSA) is 47.8 Å². The molecule has 0 radical (unpaired) electrons. The summed E-state index contributed by atoms with van der Waals surface area (Å²) in [6.07, 6.45) is 2.13.